The number of halogens is 1. The molecule has 0 bridgehead atoms. The number of aromatic amines is 1. The molecule has 0 aliphatic carbocycles. The van der Waals surface area contributed by atoms with Crippen molar-refractivity contribution in [2.75, 3.05) is 18.5 Å². The first-order chi connectivity index (χ1) is 13.6. The molecule has 1 aliphatic heterocycles. The fourth-order valence-corrected chi connectivity index (χ4v) is 3.28. The molecule has 1 fully saturated rings. The quantitative estimate of drug-likeness (QED) is 0.566. The minimum Gasteiger partial charge on any atom is -0.337 e. The van der Waals surface area contributed by atoms with Gasteiger partial charge in [-0.3, -0.25) is 5.10 Å². The van der Waals surface area contributed by atoms with E-state index < -0.39 is 5.79 Å². The predicted octanol–water partition coefficient (Wildman–Crippen LogP) is 2.89. The molecule has 1 aliphatic rings. The van der Waals surface area contributed by atoms with Gasteiger partial charge in [-0.15, -0.1) is 5.10 Å². The highest BCUT2D eigenvalue weighted by molar-refractivity contribution is 5.72. The van der Waals surface area contributed by atoms with Crippen LogP contribution in [-0.4, -0.2) is 38.0 Å². The molecule has 8 nitrogen and oxygen atoms in total. The zero-order chi connectivity index (χ0) is 19.1. The second-order valence-corrected chi connectivity index (χ2v) is 6.50. The number of benzene rings is 1. The normalized spacial score (nSPS) is 15.9. The van der Waals surface area contributed by atoms with Crippen molar-refractivity contribution in [3.63, 3.8) is 0 Å². The second kappa shape index (κ2) is 6.39. The van der Waals surface area contributed by atoms with Gasteiger partial charge in [0.05, 0.1) is 13.2 Å². The van der Waals surface area contributed by atoms with E-state index in [1.54, 1.807) is 16.6 Å². The van der Waals surface area contributed by atoms with Gasteiger partial charge in [-0.25, -0.2) is 13.9 Å². The van der Waals surface area contributed by atoms with Gasteiger partial charge in [0.25, 0.3) is 5.79 Å². The van der Waals surface area contributed by atoms with Crippen LogP contribution in [0.3, 0.4) is 0 Å². The van der Waals surface area contributed by atoms with E-state index in [0.717, 1.165) is 11.2 Å². The van der Waals surface area contributed by atoms with Gasteiger partial charge < -0.3 is 14.8 Å². The number of hydrogen-bond donors (Lipinski definition) is 2. The van der Waals surface area contributed by atoms with Gasteiger partial charge in [0, 0.05) is 23.5 Å². The van der Waals surface area contributed by atoms with Crippen LogP contribution in [0.15, 0.2) is 48.7 Å². The lowest BCUT2D eigenvalue weighted by molar-refractivity contribution is -0.136. The van der Waals surface area contributed by atoms with Gasteiger partial charge in [-0.2, -0.15) is 5.10 Å². The first kappa shape index (κ1) is 16.8. The molecule has 2 N–H and O–H groups in total. The third-order valence-corrected chi connectivity index (χ3v) is 4.56. The third kappa shape index (κ3) is 2.72. The number of H-pyrrole nitrogens is 1. The van der Waals surface area contributed by atoms with E-state index >= 15 is 0 Å². The number of nitrogens with zero attached hydrogens (tertiary/aromatic N) is 4. The lowest BCUT2D eigenvalue weighted by atomic mass is 10.0. The number of hydrogen-bond acceptors (Lipinski definition) is 6. The summed E-state index contributed by atoms with van der Waals surface area (Å²) in [5.74, 6) is -0.134. The average Bonchev–Trinajstić information content (AvgIpc) is 3.43. The molecule has 3 aromatic heterocycles. The zero-order valence-electron chi connectivity index (χ0n) is 15.0. The van der Waals surface area contributed by atoms with E-state index in [4.69, 9.17) is 9.47 Å². The molecular formula is C19H17FN6O2. The number of aryl methyl sites for hydroxylation is 1. The summed E-state index contributed by atoms with van der Waals surface area (Å²) in [4.78, 5) is 4.69. The number of anilines is 2. The largest absolute Gasteiger partial charge is 0.337 e. The Morgan fingerprint density at radius 1 is 1.18 bits per heavy atom. The Labute approximate surface area is 159 Å². The molecule has 5 rings (SSSR count). The molecule has 9 heteroatoms. The molecule has 4 heterocycles. The van der Waals surface area contributed by atoms with Crippen LogP contribution in [-0.2, 0) is 15.3 Å². The Morgan fingerprint density at radius 3 is 2.68 bits per heavy atom. The van der Waals surface area contributed by atoms with Crippen molar-refractivity contribution in [3.05, 3.63) is 71.6 Å². The highest BCUT2D eigenvalue weighted by Crippen LogP contribution is 2.37. The van der Waals surface area contributed by atoms with Crippen LogP contribution >= 0.6 is 0 Å². The molecular weight excluding hydrogens is 363 g/mol. The number of rotatable bonds is 4. The number of ether oxygens (including phenoxy) is 2. The predicted molar refractivity (Wildman–Crippen MR) is 98.7 cm³/mol. The summed E-state index contributed by atoms with van der Waals surface area (Å²) in [5.41, 5.74) is 2.32. The fourth-order valence-electron chi connectivity index (χ4n) is 3.28. The zero-order valence-corrected chi connectivity index (χ0v) is 15.0. The minimum atomic E-state index is -1.30. The van der Waals surface area contributed by atoms with Crippen molar-refractivity contribution in [3.8, 4) is 0 Å². The minimum absolute atomic E-state index is 0.315. The SMILES string of the molecule is Cc1cc(Nc2nc(C3(c4ccc(F)cc4)OCCO3)nn3cccc23)n[nH]1. The van der Waals surface area contributed by atoms with Gasteiger partial charge in [0.2, 0.25) is 5.82 Å². The topological polar surface area (TPSA) is 89.4 Å². The summed E-state index contributed by atoms with van der Waals surface area (Å²) < 4.78 is 27.0. The molecule has 0 saturated carbocycles. The van der Waals surface area contributed by atoms with Crippen molar-refractivity contribution < 1.29 is 13.9 Å². The van der Waals surface area contributed by atoms with Crippen molar-refractivity contribution in [2.24, 2.45) is 0 Å². The van der Waals surface area contributed by atoms with E-state index in [1.165, 1.54) is 12.1 Å². The molecule has 1 aromatic carbocycles. The van der Waals surface area contributed by atoms with Gasteiger partial charge in [0.1, 0.15) is 11.3 Å². The smallest absolute Gasteiger partial charge is 0.260 e. The molecule has 28 heavy (non-hydrogen) atoms. The van der Waals surface area contributed by atoms with Crippen LogP contribution in [0.5, 0.6) is 0 Å². The van der Waals surface area contributed by atoms with E-state index in [2.05, 4.69) is 25.6 Å². The molecule has 0 radical (unpaired) electrons. The maximum Gasteiger partial charge on any atom is 0.260 e. The van der Waals surface area contributed by atoms with Crippen LogP contribution in [0.4, 0.5) is 16.0 Å². The van der Waals surface area contributed by atoms with E-state index in [9.17, 15) is 4.39 Å². The van der Waals surface area contributed by atoms with Crippen LogP contribution in [0.25, 0.3) is 5.52 Å². The third-order valence-electron chi connectivity index (χ3n) is 4.56. The molecule has 142 valence electrons. The van der Waals surface area contributed by atoms with Crippen molar-refractivity contribution >= 4 is 17.2 Å². The summed E-state index contributed by atoms with van der Waals surface area (Å²) >= 11 is 0. The summed E-state index contributed by atoms with van der Waals surface area (Å²) in [6.07, 6.45) is 1.81. The first-order valence-corrected chi connectivity index (χ1v) is 8.83. The highest BCUT2D eigenvalue weighted by atomic mass is 19.1. The fraction of sp³-hybridized carbons (Fsp3) is 0.211. The summed E-state index contributed by atoms with van der Waals surface area (Å²) in [7, 11) is 0. The van der Waals surface area contributed by atoms with E-state index in [-0.39, 0.29) is 5.82 Å². The number of fused-ring (bicyclic) bond motifs is 1. The van der Waals surface area contributed by atoms with Crippen LogP contribution in [0.1, 0.15) is 17.1 Å². The van der Waals surface area contributed by atoms with Gasteiger partial charge in [0.15, 0.2) is 11.6 Å². The molecule has 0 spiro atoms. The maximum atomic E-state index is 13.4. The average molecular weight is 380 g/mol. The van der Waals surface area contributed by atoms with E-state index in [1.807, 2.05) is 31.3 Å². The lowest BCUT2D eigenvalue weighted by Gasteiger charge is -2.26. The summed E-state index contributed by atoms with van der Waals surface area (Å²) in [5, 5.41) is 14.9. The molecule has 0 amide bonds. The first-order valence-electron chi connectivity index (χ1n) is 8.83. The van der Waals surface area contributed by atoms with Crippen LogP contribution < -0.4 is 5.32 Å². The standard InChI is InChI=1S/C19H17FN6O2/c1-12-11-16(24-23-12)21-17-15-3-2-8-26(15)25-18(22-17)19(27-9-10-28-19)13-4-6-14(20)7-5-13/h2-8,11H,9-10H2,1H3,(H2,21,22,23,24,25). The van der Waals surface area contributed by atoms with Crippen molar-refractivity contribution in [1.82, 2.24) is 24.8 Å². The molecule has 1 saturated heterocycles. The highest BCUT2D eigenvalue weighted by Gasteiger charge is 2.44. The van der Waals surface area contributed by atoms with Crippen LogP contribution in [0, 0.1) is 12.7 Å². The molecule has 0 unspecified atom stereocenters. The van der Waals surface area contributed by atoms with Crippen molar-refractivity contribution in [1.29, 1.82) is 0 Å². The van der Waals surface area contributed by atoms with Crippen LogP contribution in [0.2, 0.25) is 0 Å². The Bertz CT molecular complexity index is 1130. The van der Waals surface area contributed by atoms with Gasteiger partial charge >= 0.3 is 0 Å². The molecule has 0 atom stereocenters. The molecule has 4 aromatic rings. The van der Waals surface area contributed by atoms with Gasteiger partial charge in [-0.05, 0) is 31.2 Å². The Hall–Kier alpha value is -3.30. The number of aromatic nitrogens is 5. The monoisotopic (exact) mass is 380 g/mol. The lowest BCUT2D eigenvalue weighted by Crippen LogP contribution is -2.32. The van der Waals surface area contributed by atoms with Gasteiger partial charge in [-0.1, -0.05) is 12.1 Å². The summed E-state index contributed by atoms with van der Waals surface area (Å²) in [6, 6.07) is 11.6. The Morgan fingerprint density at radius 2 is 1.96 bits per heavy atom. The number of nitrogens with one attached hydrogen (secondary N) is 2. The Balaban J connectivity index is 1.65. The Kier molecular flexibility index (Phi) is 3.85. The maximum absolute atomic E-state index is 13.4. The summed E-state index contributed by atoms with van der Waals surface area (Å²) in [6.45, 7) is 2.68. The van der Waals surface area contributed by atoms with Crippen molar-refractivity contribution in [2.45, 2.75) is 12.7 Å². The van der Waals surface area contributed by atoms with E-state index in [0.29, 0.717) is 36.2 Å². The second-order valence-electron chi connectivity index (χ2n) is 6.50.